The second-order valence-electron chi connectivity index (χ2n) is 5.33. The number of hydrogen-bond acceptors (Lipinski definition) is 3. The topological polar surface area (TPSA) is 52.2 Å². The quantitative estimate of drug-likeness (QED) is 0.634. The third-order valence-corrected chi connectivity index (χ3v) is 3.82. The van der Waals surface area contributed by atoms with Crippen molar-refractivity contribution in [3.8, 4) is 5.69 Å². The summed E-state index contributed by atoms with van der Waals surface area (Å²) in [6.07, 6.45) is 1.52. The molecule has 26 heavy (non-hydrogen) atoms. The molecule has 3 aromatic rings. The minimum Gasteiger partial charge on any atom is -0.256 e. The van der Waals surface area contributed by atoms with Crippen molar-refractivity contribution in [2.45, 2.75) is 13.5 Å². The number of aliphatic imine (C=N–C) groups is 1. The highest BCUT2D eigenvalue weighted by Crippen LogP contribution is 2.20. The van der Waals surface area contributed by atoms with E-state index >= 15 is 0 Å². The molecular formula is C17H12ClF3N4O. The van der Waals surface area contributed by atoms with Gasteiger partial charge in [-0.1, -0.05) is 23.7 Å². The minimum absolute atomic E-state index is 0.187. The van der Waals surface area contributed by atoms with Crippen LogP contribution in [0.2, 0.25) is 5.02 Å². The monoisotopic (exact) mass is 380 g/mol. The number of nitrogens with zero attached hydrogens (tertiary/aromatic N) is 4. The van der Waals surface area contributed by atoms with Gasteiger partial charge >= 0.3 is 12.2 Å². The van der Waals surface area contributed by atoms with Crippen LogP contribution < -0.4 is 5.69 Å². The van der Waals surface area contributed by atoms with E-state index < -0.39 is 18.1 Å². The van der Waals surface area contributed by atoms with Crippen LogP contribution in [0.5, 0.6) is 0 Å². The van der Waals surface area contributed by atoms with E-state index in [2.05, 4.69) is 10.1 Å². The second-order valence-corrected chi connectivity index (χ2v) is 5.77. The lowest BCUT2D eigenvalue weighted by atomic mass is 10.2. The van der Waals surface area contributed by atoms with Gasteiger partial charge in [-0.25, -0.2) is 13.8 Å². The van der Waals surface area contributed by atoms with E-state index in [4.69, 9.17) is 11.6 Å². The number of hydrogen-bond donors (Lipinski definition) is 0. The molecule has 0 amide bonds. The molecule has 0 spiro atoms. The van der Waals surface area contributed by atoms with E-state index in [1.54, 1.807) is 24.3 Å². The van der Waals surface area contributed by atoms with Gasteiger partial charge in [0, 0.05) is 17.3 Å². The molecule has 0 bridgehead atoms. The predicted molar refractivity (Wildman–Crippen MR) is 92.5 cm³/mol. The van der Waals surface area contributed by atoms with Crippen LogP contribution in [0, 0.1) is 12.7 Å². The summed E-state index contributed by atoms with van der Waals surface area (Å²) >= 11 is 5.79. The SMILES string of the molecule is Cc1nn(-c2ccc(N=Cc3ccc(Cl)cc3)cc2F)c(=O)n1C(F)F. The number of aromatic nitrogens is 3. The first-order chi connectivity index (χ1) is 12.4. The molecule has 0 saturated carbocycles. The van der Waals surface area contributed by atoms with E-state index in [1.165, 1.54) is 25.3 Å². The van der Waals surface area contributed by atoms with Gasteiger partial charge in [-0.2, -0.15) is 13.5 Å². The highest BCUT2D eigenvalue weighted by atomic mass is 35.5. The zero-order valence-electron chi connectivity index (χ0n) is 13.4. The Morgan fingerprint density at radius 1 is 1.19 bits per heavy atom. The van der Waals surface area contributed by atoms with Crippen LogP contribution in [0.3, 0.4) is 0 Å². The summed E-state index contributed by atoms with van der Waals surface area (Å²) in [7, 11) is 0. The summed E-state index contributed by atoms with van der Waals surface area (Å²) < 4.78 is 40.9. The van der Waals surface area contributed by atoms with Gasteiger partial charge in [0.25, 0.3) is 0 Å². The standard InChI is InChI=1S/C17H12ClF3N4O/c1-10-23-25(17(26)24(10)16(20)21)15-7-6-13(8-14(15)19)22-9-11-2-4-12(18)5-3-11/h2-9,16H,1H3. The predicted octanol–water partition coefficient (Wildman–Crippen LogP) is 4.28. The molecule has 2 aromatic carbocycles. The lowest BCUT2D eigenvalue weighted by molar-refractivity contribution is 0.0640. The number of rotatable bonds is 4. The Morgan fingerprint density at radius 3 is 2.46 bits per heavy atom. The van der Waals surface area contributed by atoms with Gasteiger partial charge in [-0.05, 0) is 36.8 Å². The van der Waals surface area contributed by atoms with Gasteiger partial charge in [0.1, 0.15) is 11.5 Å². The fourth-order valence-electron chi connectivity index (χ4n) is 2.30. The molecule has 0 atom stereocenters. The summed E-state index contributed by atoms with van der Waals surface area (Å²) in [5.74, 6) is -1.02. The van der Waals surface area contributed by atoms with E-state index in [9.17, 15) is 18.0 Å². The fourth-order valence-corrected chi connectivity index (χ4v) is 2.43. The van der Waals surface area contributed by atoms with Gasteiger partial charge in [0.05, 0.1) is 5.69 Å². The highest BCUT2D eigenvalue weighted by molar-refractivity contribution is 6.30. The molecule has 3 rings (SSSR count). The maximum atomic E-state index is 14.3. The highest BCUT2D eigenvalue weighted by Gasteiger charge is 2.20. The van der Waals surface area contributed by atoms with E-state index in [1.807, 2.05) is 0 Å². The van der Waals surface area contributed by atoms with Crippen molar-refractivity contribution >= 4 is 23.5 Å². The molecule has 0 unspecified atom stereocenters. The van der Waals surface area contributed by atoms with Crippen LogP contribution in [-0.2, 0) is 0 Å². The van der Waals surface area contributed by atoms with Crippen LogP contribution in [0.15, 0.2) is 52.3 Å². The summed E-state index contributed by atoms with van der Waals surface area (Å²) in [5, 5.41) is 4.27. The Labute approximate surface area is 151 Å². The molecule has 0 saturated heterocycles. The Hall–Kier alpha value is -2.87. The lowest BCUT2D eigenvalue weighted by Gasteiger charge is -2.03. The molecule has 5 nitrogen and oxygen atoms in total. The van der Waals surface area contributed by atoms with Crippen molar-refractivity contribution in [1.82, 2.24) is 14.3 Å². The Balaban J connectivity index is 1.92. The molecule has 0 aliphatic carbocycles. The summed E-state index contributed by atoms with van der Waals surface area (Å²) in [5.41, 5.74) is -0.294. The fraction of sp³-hybridized carbons (Fsp3) is 0.118. The molecule has 9 heteroatoms. The minimum atomic E-state index is -3.05. The smallest absolute Gasteiger partial charge is 0.256 e. The average Bonchev–Trinajstić information content (AvgIpc) is 2.89. The molecule has 0 aliphatic rings. The van der Waals surface area contributed by atoms with Crippen molar-refractivity contribution in [2.24, 2.45) is 4.99 Å². The van der Waals surface area contributed by atoms with Crippen LogP contribution in [0.25, 0.3) is 5.69 Å². The molecule has 0 fully saturated rings. The zero-order valence-corrected chi connectivity index (χ0v) is 14.2. The average molecular weight is 381 g/mol. The van der Waals surface area contributed by atoms with Gasteiger partial charge in [0.15, 0.2) is 5.82 Å². The molecule has 0 N–H and O–H groups in total. The van der Waals surface area contributed by atoms with Crippen molar-refractivity contribution in [2.75, 3.05) is 0 Å². The Morgan fingerprint density at radius 2 is 1.88 bits per heavy atom. The summed E-state index contributed by atoms with van der Waals surface area (Å²) in [4.78, 5) is 16.1. The molecule has 1 heterocycles. The first-order valence-corrected chi connectivity index (χ1v) is 7.80. The maximum Gasteiger partial charge on any atom is 0.355 e. The normalized spacial score (nSPS) is 11.6. The zero-order chi connectivity index (χ0) is 18.8. The van der Waals surface area contributed by atoms with Crippen molar-refractivity contribution in [1.29, 1.82) is 0 Å². The third kappa shape index (κ3) is 3.55. The maximum absolute atomic E-state index is 14.3. The number of halogens is 4. The van der Waals surface area contributed by atoms with Gasteiger partial charge in [0.2, 0.25) is 0 Å². The van der Waals surface area contributed by atoms with Gasteiger partial charge in [-0.15, -0.1) is 5.10 Å². The second kappa shape index (κ2) is 7.17. The first kappa shape index (κ1) is 17.9. The van der Waals surface area contributed by atoms with E-state index in [-0.39, 0.29) is 16.1 Å². The van der Waals surface area contributed by atoms with Crippen molar-refractivity contribution in [3.05, 3.63) is 75.2 Å². The van der Waals surface area contributed by atoms with Crippen LogP contribution >= 0.6 is 11.6 Å². The Kier molecular flexibility index (Phi) is 4.94. The molecule has 0 aliphatic heterocycles. The summed E-state index contributed by atoms with van der Waals surface area (Å²) in [6, 6.07) is 10.7. The molecule has 1 aromatic heterocycles. The Bertz CT molecular complexity index is 1030. The van der Waals surface area contributed by atoms with Crippen molar-refractivity contribution < 1.29 is 13.2 Å². The molecule has 0 radical (unpaired) electrons. The number of aryl methyl sites for hydroxylation is 1. The first-order valence-electron chi connectivity index (χ1n) is 7.42. The summed E-state index contributed by atoms with van der Waals surface area (Å²) in [6.45, 7) is -1.81. The van der Waals surface area contributed by atoms with Crippen molar-refractivity contribution in [3.63, 3.8) is 0 Å². The van der Waals surface area contributed by atoms with E-state index in [0.29, 0.717) is 15.4 Å². The lowest BCUT2D eigenvalue weighted by Crippen LogP contribution is -2.25. The largest absolute Gasteiger partial charge is 0.355 e. The van der Waals surface area contributed by atoms with Crippen LogP contribution in [-0.4, -0.2) is 20.6 Å². The van der Waals surface area contributed by atoms with E-state index in [0.717, 1.165) is 11.6 Å². The molecule has 134 valence electrons. The van der Waals surface area contributed by atoms with Crippen LogP contribution in [0.1, 0.15) is 17.9 Å². The van der Waals surface area contributed by atoms with Gasteiger partial charge < -0.3 is 0 Å². The number of alkyl halides is 2. The van der Waals surface area contributed by atoms with Crippen LogP contribution in [0.4, 0.5) is 18.9 Å². The number of benzene rings is 2. The third-order valence-electron chi connectivity index (χ3n) is 3.57. The molecular weight excluding hydrogens is 369 g/mol. The van der Waals surface area contributed by atoms with Gasteiger partial charge in [-0.3, -0.25) is 4.99 Å².